The van der Waals surface area contributed by atoms with E-state index in [0.717, 1.165) is 27.7 Å². The molecule has 101 heavy (non-hydrogen) atoms. The zero-order chi connectivity index (χ0) is 74.5. The van der Waals surface area contributed by atoms with E-state index in [1.54, 1.807) is 0 Å². The highest BCUT2D eigenvalue weighted by Crippen LogP contribution is 2.39. The van der Waals surface area contributed by atoms with Gasteiger partial charge in [-0.05, 0) is 6.92 Å². The zero-order valence-corrected chi connectivity index (χ0v) is 54.9. The van der Waals surface area contributed by atoms with Crippen molar-refractivity contribution in [3.63, 3.8) is 0 Å². The van der Waals surface area contributed by atoms with Crippen molar-refractivity contribution in [3.05, 3.63) is 0 Å². The maximum Gasteiger partial charge on any atom is 0.217 e. The summed E-state index contributed by atoms with van der Waals surface area (Å²) in [4.78, 5) is 50.4. The molecule has 44 heteroatoms. The van der Waals surface area contributed by atoms with E-state index in [9.17, 15) is 126 Å². The summed E-state index contributed by atoms with van der Waals surface area (Å²) in [7, 11) is 0. The number of hydrogen-bond acceptors (Lipinski definition) is 40. The van der Waals surface area contributed by atoms with Crippen molar-refractivity contribution in [2.24, 2.45) is 0 Å². The van der Waals surface area contributed by atoms with Gasteiger partial charge in [-0.2, -0.15) is 0 Å². The Morgan fingerprint density at radius 1 is 0.267 bits per heavy atom. The average Bonchev–Trinajstić information content (AvgIpc) is 0.788. The summed E-state index contributed by atoms with van der Waals surface area (Å²) in [6.45, 7) is -2.66. The number of amides is 4. The van der Waals surface area contributed by atoms with Gasteiger partial charge in [0.25, 0.3) is 0 Å². The van der Waals surface area contributed by atoms with Crippen LogP contribution in [0.2, 0.25) is 0 Å². The molecule has 0 saturated carbocycles. The monoisotopic (exact) mass is 1480 g/mol. The van der Waals surface area contributed by atoms with E-state index in [1.165, 1.54) is 6.92 Å². The first kappa shape index (κ1) is 83.1. The first-order valence-corrected chi connectivity index (χ1v) is 32.4. The Kier molecular flexibility index (Phi) is 29.9. The Morgan fingerprint density at radius 3 is 0.980 bits per heavy atom. The Bertz CT molecular complexity index is 2640. The van der Waals surface area contributed by atoms with Crippen LogP contribution in [-0.4, -0.2) is 429 Å². The largest absolute Gasteiger partial charge is 0.394 e. The molecule has 0 aliphatic carbocycles. The van der Waals surface area contributed by atoms with Gasteiger partial charge in [-0.15, -0.1) is 0 Å². The highest BCUT2D eigenvalue weighted by Gasteiger charge is 2.60. The minimum absolute atomic E-state index is 0.609. The Balaban J connectivity index is 1.13. The van der Waals surface area contributed by atoms with Crippen LogP contribution in [0.1, 0.15) is 34.6 Å². The van der Waals surface area contributed by atoms with Gasteiger partial charge in [-0.1, -0.05) is 0 Å². The molecule has 8 fully saturated rings. The summed E-state index contributed by atoms with van der Waals surface area (Å²) in [5, 5.41) is 242. The fourth-order valence-corrected chi connectivity index (χ4v) is 13.2. The molecule has 0 bridgehead atoms. The topological polar surface area (TPSA) is 680 Å². The number of aliphatic hydroxyl groups is 21. The first-order valence-electron chi connectivity index (χ1n) is 32.4. The third-order valence-corrected chi connectivity index (χ3v) is 18.5. The Labute approximate surface area is 573 Å². The van der Waals surface area contributed by atoms with Crippen molar-refractivity contribution in [2.45, 2.75) is 280 Å². The maximum absolute atomic E-state index is 12.9. The molecule has 8 aliphatic heterocycles. The van der Waals surface area contributed by atoms with Gasteiger partial charge < -0.3 is 200 Å². The van der Waals surface area contributed by atoms with Crippen molar-refractivity contribution in [3.8, 4) is 0 Å². The van der Waals surface area contributed by atoms with Crippen LogP contribution in [0.5, 0.6) is 0 Å². The van der Waals surface area contributed by atoms with E-state index in [0.29, 0.717) is 0 Å². The van der Waals surface area contributed by atoms with Crippen molar-refractivity contribution in [2.75, 3.05) is 52.9 Å². The molecular weight excluding hydrogens is 1380 g/mol. The average molecular weight is 1480 g/mol. The number of carbonyl (C=O) groups excluding carboxylic acids is 4. The van der Waals surface area contributed by atoms with Gasteiger partial charge >= 0.3 is 0 Å². The van der Waals surface area contributed by atoms with Crippen LogP contribution in [0, 0.1) is 0 Å². The lowest BCUT2D eigenvalue weighted by Crippen LogP contribution is -2.70. The summed E-state index contributed by atoms with van der Waals surface area (Å²) < 4.78 is 89.4. The summed E-state index contributed by atoms with van der Waals surface area (Å²) >= 11 is 0. The molecule has 25 N–H and O–H groups in total. The smallest absolute Gasteiger partial charge is 0.217 e. The molecule has 23 unspecified atom stereocenters. The molecule has 4 amide bonds. The zero-order valence-electron chi connectivity index (χ0n) is 54.9. The second kappa shape index (κ2) is 36.4. The van der Waals surface area contributed by atoms with Crippen molar-refractivity contribution in [1.82, 2.24) is 21.3 Å². The Hall–Kier alpha value is -3.56. The normalized spacial score (nSPS) is 48.3. The molecular formula is C57H96N4O40. The molecule has 0 spiro atoms. The summed E-state index contributed by atoms with van der Waals surface area (Å²) in [6.07, 6.45) is -71.1. The second-order valence-electron chi connectivity index (χ2n) is 25.7. The van der Waals surface area contributed by atoms with E-state index in [-0.39, 0.29) is 0 Å². The minimum Gasteiger partial charge on any atom is -0.394 e. The van der Waals surface area contributed by atoms with Crippen LogP contribution in [0.4, 0.5) is 0 Å². The SMILES string of the molecule is CC(=O)NC1C(O)[C@H](O)C(CO)O[C@H]1OC1C(O)[C@H](O)C(CO)O[C@@H]1OC1C(O)[C@H](O[C@@H]2C(CO)O[C@@H](O[C@@H]3C(CO)O[C@@H](C)[C@@H](NC(C)=O)C3O)C(NC(C)=O)C2O)OC(CO[C@H]2OC(CO)[C@@H](O)C(O)C2O[C@@H]2OC(CO)[C@@H](O[C@@H]3OC(CO)[C@H](O)C(O)C3O)C(O)C2NC(C)=O)[C@H]1O. The third-order valence-electron chi connectivity index (χ3n) is 18.5. The lowest BCUT2D eigenvalue weighted by Gasteiger charge is -2.51. The number of rotatable bonds is 26. The molecule has 0 aromatic rings. The van der Waals surface area contributed by atoms with E-state index >= 15 is 0 Å². The third kappa shape index (κ3) is 18.5. The van der Waals surface area contributed by atoms with Crippen LogP contribution in [0.3, 0.4) is 0 Å². The van der Waals surface area contributed by atoms with Gasteiger partial charge in [0, 0.05) is 27.7 Å². The van der Waals surface area contributed by atoms with E-state index in [4.69, 9.17) is 71.1 Å². The standard InChI is InChI=1S/C57H96N4O40/c1-14-27(58-15(2)69)37(79)45(23(10-66)88-14)96-52-29(60-17(4)71)38(80)47(25(12-68)93-52)98-55-44(86)48(99-57-50(42(84)34(76)22(9-65)92-57)101-51-28(59-16(3)70)36(78)31(73)19(6-62)89-51)35(77)26(95-55)13-87-56-49(41(83)33(75)21(8-64)91-56)100-53-30(61-18(5)72)39(81)46(24(11-67)94-53)97-54-43(85)40(82)32(74)20(7-63)90-54/h14,19-57,62-68,73-86H,6-13H2,1-5H3,(H,58,69)(H,59,70)(H,60,71)(H,61,72)/t14-,19?,20?,21?,22?,23?,24?,25?,26?,27+,28?,29?,30?,31+,32-,33+,34+,35+,36?,37?,38?,39?,40?,41?,42?,43?,44?,45+,46+,47+,48?,49?,50?,51-,52-,53-,54-,55-,56-,57+/m0/s1. The van der Waals surface area contributed by atoms with Gasteiger partial charge in [0.2, 0.25) is 23.6 Å². The number of ether oxygens (including phenoxy) is 15. The molecule has 8 aliphatic rings. The van der Waals surface area contributed by atoms with Crippen LogP contribution >= 0.6 is 0 Å². The number of carbonyl (C=O) groups is 4. The van der Waals surface area contributed by atoms with Crippen LogP contribution in [0.25, 0.3) is 0 Å². The first-order chi connectivity index (χ1) is 47.8. The highest BCUT2D eigenvalue weighted by atomic mass is 16.8. The quantitative estimate of drug-likeness (QED) is 0.0382. The van der Waals surface area contributed by atoms with Gasteiger partial charge in [-0.25, -0.2) is 0 Å². The summed E-state index contributed by atoms with van der Waals surface area (Å²) in [5.74, 6) is -3.23. The van der Waals surface area contributed by atoms with Crippen LogP contribution < -0.4 is 21.3 Å². The van der Waals surface area contributed by atoms with Gasteiger partial charge in [0.05, 0.1) is 65.0 Å². The van der Waals surface area contributed by atoms with E-state index in [2.05, 4.69) is 21.3 Å². The van der Waals surface area contributed by atoms with Crippen LogP contribution in [-0.2, 0) is 90.2 Å². The van der Waals surface area contributed by atoms with Crippen LogP contribution in [0.15, 0.2) is 0 Å². The molecule has 8 heterocycles. The Morgan fingerprint density at radius 2 is 0.554 bits per heavy atom. The summed E-state index contributed by atoms with van der Waals surface area (Å²) in [5.41, 5.74) is 0. The number of hydrogen-bond donors (Lipinski definition) is 25. The number of nitrogens with one attached hydrogen (secondary N) is 4. The fourth-order valence-electron chi connectivity index (χ4n) is 13.2. The lowest BCUT2D eigenvalue weighted by atomic mass is 9.92. The van der Waals surface area contributed by atoms with Crippen molar-refractivity contribution >= 4 is 23.6 Å². The van der Waals surface area contributed by atoms with E-state index in [1.807, 2.05) is 0 Å². The number of aliphatic hydroxyl groups excluding tert-OH is 21. The highest BCUT2D eigenvalue weighted by molar-refractivity contribution is 5.74. The van der Waals surface area contributed by atoms with Gasteiger partial charge in [0.15, 0.2) is 44.0 Å². The molecule has 584 valence electrons. The molecule has 0 aromatic heterocycles. The molecule has 40 atom stereocenters. The predicted molar refractivity (Wildman–Crippen MR) is 314 cm³/mol. The second-order valence-corrected chi connectivity index (χ2v) is 25.7. The molecule has 8 rings (SSSR count). The summed E-state index contributed by atoms with van der Waals surface area (Å²) in [6, 6.07) is -6.60. The van der Waals surface area contributed by atoms with Crippen molar-refractivity contribution < 1.29 is 197 Å². The van der Waals surface area contributed by atoms with Crippen molar-refractivity contribution in [1.29, 1.82) is 0 Å². The van der Waals surface area contributed by atoms with E-state index < -0.39 is 322 Å². The molecule has 8 saturated heterocycles. The minimum atomic E-state index is -2.48. The maximum atomic E-state index is 12.9. The van der Waals surface area contributed by atoms with Gasteiger partial charge in [-0.3, -0.25) is 19.2 Å². The molecule has 44 nitrogen and oxygen atoms in total. The predicted octanol–water partition coefficient (Wildman–Crippen LogP) is -16.8. The molecule has 0 aromatic carbocycles. The fraction of sp³-hybridized carbons (Fsp3) is 0.930. The molecule has 0 radical (unpaired) electrons. The van der Waals surface area contributed by atoms with Gasteiger partial charge in [0.1, 0.15) is 189 Å². The lowest BCUT2D eigenvalue weighted by molar-refractivity contribution is -0.396.